The molecular formula is C22H29N5O3. The molecule has 0 saturated heterocycles. The molecule has 8 nitrogen and oxygen atoms in total. The van der Waals surface area contributed by atoms with Crippen LogP contribution in [-0.4, -0.2) is 52.9 Å². The summed E-state index contributed by atoms with van der Waals surface area (Å²) >= 11 is 0. The van der Waals surface area contributed by atoms with E-state index in [1.165, 1.54) is 0 Å². The fraction of sp³-hybridized carbons (Fsp3) is 0.455. The number of hydrogen-bond donors (Lipinski definition) is 3. The van der Waals surface area contributed by atoms with E-state index >= 15 is 0 Å². The lowest BCUT2D eigenvalue weighted by molar-refractivity contribution is -0.00408. The van der Waals surface area contributed by atoms with E-state index in [-0.39, 0.29) is 18.1 Å². The van der Waals surface area contributed by atoms with Gasteiger partial charge in [-0.2, -0.15) is 0 Å². The molecule has 1 fully saturated rings. The smallest absolute Gasteiger partial charge is 0.253 e. The summed E-state index contributed by atoms with van der Waals surface area (Å²) in [5.41, 5.74) is 9.20. The van der Waals surface area contributed by atoms with Gasteiger partial charge in [0.15, 0.2) is 0 Å². The van der Waals surface area contributed by atoms with Gasteiger partial charge >= 0.3 is 0 Å². The molecule has 160 valence electrons. The Balaban J connectivity index is 1.50. The summed E-state index contributed by atoms with van der Waals surface area (Å²) in [5, 5.41) is 4.18. The lowest BCUT2D eigenvalue weighted by Crippen LogP contribution is -2.39. The maximum absolute atomic E-state index is 13.2. The minimum Gasteiger partial charge on any atom is -0.382 e. The maximum Gasteiger partial charge on any atom is 0.253 e. The molecule has 1 saturated carbocycles. The molecule has 0 unspecified atom stereocenters. The molecule has 3 aromatic rings. The quantitative estimate of drug-likeness (QED) is 0.494. The lowest BCUT2D eigenvalue weighted by atomic mass is 9.92. The standard InChI is InChI=1S/C22H29N5O3/c1-29-8-9-30-18-4-2-16(3-5-18)26-22(28)20-11-17(27-7-6-24-14-27)10-19-15(12-23)13-25-21(19)20/h6-7,10-11,13-14,16,18,25H,2-5,8-9,12,23H2,1H3,(H,26,28)/t16-,18-. The highest BCUT2D eigenvalue weighted by atomic mass is 16.5. The number of nitrogens with zero attached hydrogens (tertiary/aromatic N) is 2. The van der Waals surface area contributed by atoms with Gasteiger partial charge in [-0.1, -0.05) is 0 Å². The van der Waals surface area contributed by atoms with Gasteiger partial charge in [-0.05, 0) is 43.4 Å². The summed E-state index contributed by atoms with van der Waals surface area (Å²) in [5.74, 6) is -0.0730. The fourth-order valence-electron chi connectivity index (χ4n) is 4.12. The van der Waals surface area contributed by atoms with Gasteiger partial charge in [0.1, 0.15) is 0 Å². The van der Waals surface area contributed by atoms with Gasteiger partial charge in [0, 0.05) is 49.4 Å². The topological polar surface area (TPSA) is 107 Å². The van der Waals surface area contributed by atoms with Crippen LogP contribution in [0.3, 0.4) is 0 Å². The van der Waals surface area contributed by atoms with E-state index in [0.717, 1.165) is 47.8 Å². The highest BCUT2D eigenvalue weighted by molar-refractivity contribution is 6.07. The summed E-state index contributed by atoms with van der Waals surface area (Å²) in [4.78, 5) is 20.6. The van der Waals surface area contributed by atoms with Crippen LogP contribution in [0.2, 0.25) is 0 Å². The highest BCUT2D eigenvalue weighted by Crippen LogP contribution is 2.27. The van der Waals surface area contributed by atoms with E-state index in [9.17, 15) is 4.79 Å². The third kappa shape index (κ3) is 4.40. The minimum absolute atomic E-state index is 0.0730. The number of carbonyl (C=O) groups excluding carboxylic acids is 1. The van der Waals surface area contributed by atoms with E-state index in [2.05, 4.69) is 15.3 Å². The van der Waals surface area contributed by atoms with Gasteiger partial charge in [0.2, 0.25) is 0 Å². The number of rotatable bonds is 8. The second-order valence-corrected chi connectivity index (χ2v) is 7.71. The molecule has 30 heavy (non-hydrogen) atoms. The van der Waals surface area contributed by atoms with Crippen LogP contribution in [-0.2, 0) is 16.0 Å². The third-order valence-corrected chi connectivity index (χ3v) is 5.78. The molecule has 0 radical (unpaired) electrons. The van der Waals surface area contributed by atoms with Crippen molar-refractivity contribution >= 4 is 16.8 Å². The van der Waals surface area contributed by atoms with Crippen LogP contribution in [0.5, 0.6) is 0 Å². The normalized spacial score (nSPS) is 19.3. The predicted octanol–water partition coefficient (Wildman–Crippen LogP) is 2.52. The molecule has 1 aromatic carbocycles. The van der Waals surface area contributed by atoms with Gasteiger partial charge in [-0.3, -0.25) is 4.79 Å². The summed E-state index contributed by atoms with van der Waals surface area (Å²) < 4.78 is 12.8. The van der Waals surface area contributed by atoms with Crippen LogP contribution >= 0.6 is 0 Å². The molecule has 2 heterocycles. The molecule has 8 heteroatoms. The van der Waals surface area contributed by atoms with Crippen molar-refractivity contribution in [2.45, 2.75) is 44.4 Å². The predicted molar refractivity (Wildman–Crippen MR) is 115 cm³/mol. The Morgan fingerprint density at radius 3 is 2.83 bits per heavy atom. The molecule has 1 aliphatic carbocycles. The summed E-state index contributed by atoms with van der Waals surface area (Å²) in [6.07, 6.45) is 11.1. The first-order chi connectivity index (χ1) is 14.7. The van der Waals surface area contributed by atoms with Crippen molar-refractivity contribution in [1.29, 1.82) is 0 Å². The summed E-state index contributed by atoms with van der Waals surface area (Å²) in [6, 6.07) is 4.08. The van der Waals surface area contributed by atoms with Crippen LogP contribution in [0.25, 0.3) is 16.6 Å². The highest BCUT2D eigenvalue weighted by Gasteiger charge is 2.24. The van der Waals surface area contributed by atoms with Crippen molar-refractivity contribution in [3.05, 3.63) is 48.2 Å². The molecule has 1 amide bonds. The average Bonchev–Trinajstić information content (AvgIpc) is 3.44. The average molecular weight is 412 g/mol. The molecular weight excluding hydrogens is 382 g/mol. The summed E-state index contributed by atoms with van der Waals surface area (Å²) in [6.45, 7) is 1.63. The van der Waals surface area contributed by atoms with Crippen molar-refractivity contribution in [2.24, 2.45) is 5.73 Å². The first-order valence-electron chi connectivity index (χ1n) is 10.4. The molecule has 0 spiro atoms. The third-order valence-electron chi connectivity index (χ3n) is 5.78. The van der Waals surface area contributed by atoms with Gasteiger partial charge in [0.25, 0.3) is 5.91 Å². The molecule has 4 N–H and O–H groups in total. The number of imidazole rings is 1. The number of ether oxygens (including phenoxy) is 2. The first-order valence-corrected chi connectivity index (χ1v) is 10.4. The zero-order chi connectivity index (χ0) is 20.9. The Morgan fingerprint density at radius 2 is 2.13 bits per heavy atom. The van der Waals surface area contributed by atoms with Gasteiger partial charge < -0.3 is 30.1 Å². The molecule has 1 aliphatic rings. The van der Waals surface area contributed by atoms with Crippen LogP contribution in [0.15, 0.2) is 37.1 Å². The molecule has 4 rings (SSSR count). The fourth-order valence-corrected chi connectivity index (χ4v) is 4.12. The number of hydrogen-bond acceptors (Lipinski definition) is 5. The zero-order valence-corrected chi connectivity index (χ0v) is 17.3. The van der Waals surface area contributed by atoms with Gasteiger partial charge in [-0.25, -0.2) is 4.98 Å². The van der Waals surface area contributed by atoms with E-state index in [0.29, 0.717) is 25.3 Å². The van der Waals surface area contributed by atoms with E-state index in [4.69, 9.17) is 15.2 Å². The van der Waals surface area contributed by atoms with Crippen molar-refractivity contribution in [2.75, 3.05) is 20.3 Å². The Bertz CT molecular complexity index is 974. The summed E-state index contributed by atoms with van der Waals surface area (Å²) in [7, 11) is 1.68. The number of carbonyl (C=O) groups is 1. The van der Waals surface area contributed by atoms with Crippen molar-refractivity contribution < 1.29 is 14.3 Å². The number of methoxy groups -OCH3 is 1. The van der Waals surface area contributed by atoms with Crippen LogP contribution in [0, 0.1) is 0 Å². The van der Waals surface area contributed by atoms with E-state index in [1.807, 2.05) is 29.1 Å². The van der Waals surface area contributed by atoms with Crippen LogP contribution in [0.1, 0.15) is 41.6 Å². The number of aromatic nitrogens is 3. The number of nitrogens with one attached hydrogen (secondary N) is 2. The zero-order valence-electron chi connectivity index (χ0n) is 17.3. The molecule has 0 bridgehead atoms. The second-order valence-electron chi connectivity index (χ2n) is 7.71. The number of aromatic amines is 1. The van der Waals surface area contributed by atoms with Gasteiger partial charge in [-0.15, -0.1) is 0 Å². The molecule has 0 atom stereocenters. The van der Waals surface area contributed by atoms with Crippen molar-refractivity contribution in [1.82, 2.24) is 19.9 Å². The Hall–Kier alpha value is -2.68. The van der Waals surface area contributed by atoms with E-state index in [1.54, 1.807) is 19.6 Å². The Morgan fingerprint density at radius 1 is 1.30 bits per heavy atom. The van der Waals surface area contributed by atoms with Crippen molar-refractivity contribution in [3.8, 4) is 5.69 Å². The molecule has 0 aliphatic heterocycles. The number of H-pyrrole nitrogens is 1. The Kier molecular flexibility index (Phi) is 6.47. The number of amides is 1. The maximum atomic E-state index is 13.2. The Labute approximate surface area is 175 Å². The number of nitrogens with two attached hydrogens (primary N) is 1. The van der Waals surface area contributed by atoms with Crippen LogP contribution in [0.4, 0.5) is 0 Å². The second kappa shape index (κ2) is 9.42. The van der Waals surface area contributed by atoms with E-state index < -0.39 is 0 Å². The van der Waals surface area contributed by atoms with Crippen molar-refractivity contribution in [3.63, 3.8) is 0 Å². The number of benzene rings is 1. The monoisotopic (exact) mass is 411 g/mol. The largest absolute Gasteiger partial charge is 0.382 e. The molecule has 2 aromatic heterocycles. The minimum atomic E-state index is -0.0730. The first kappa shape index (κ1) is 20.6. The number of fused-ring (bicyclic) bond motifs is 1. The lowest BCUT2D eigenvalue weighted by Gasteiger charge is -2.29. The van der Waals surface area contributed by atoms with Gasteiger partial charge in [0.05, 0.1) is 36.7 Å². The SMILES string of the molecule is COCCO[C@H]1CC[C@H](NC(=O)c2cc(-n3ccnc3)cc3c(CN)c[nH]c23)CC1. The van der Waals surface area contributed by atoms with Crippen LogP contribution < -0.4 is 11.1 Å².